The van der Waals surface area contributed by atoms with Crippen LogP contribution in [0.5, 0.6) is 0 Å². The predicted molar refractivity (Wildman–Crippen MR) is 114 cm³/mol. The highest BCUT2D eigenvalue weighted by Gasteiger charge is 2.47. The summed E-state index contributed by atoms with van der Waals surface area (Å²) in [4.78, 5) is 17.1. The van der Waals surface area contributed by atoms with E-state index in [2.05, 4.69) is 20.7 Å². The number of amides is 1. The maximum Gasteiger partial charge on any atom is 0.410 e. The number of hydrogen-bond acceptors (Lipinski definition) is 4. The molecule has 0 saturated heterocycles. The second-order valence-corrected chi connectivity index (χ2v) is 7.89. The Labute approximate surface area is 183 Å². The van der Waals surface area contributed by atoms with E-state index in [1.54, 1.807) is 6.07 Å². The molecule has 2 N–H and O–H groups in total. The normalized spacial score (nSPS) is 18.0. The molecule has 0 aliphatic carbocycles. The van der Waals surface area contributed by atoms with Gasteiger partial charge in [-0.1, -0.05) is 37.3 Å². The molecular weight excluding hydrogens is 419 g/mol. The van der Waals surface area contributed by atoms with Gasteiger partial charge in [0.1, 0.15) is 11.4 Å². The van der Waals surface area contributed by atoms with Gasteiger partial charge in [-0.05, 0) is 36.6 Å². The van der Waals surface area contributed by atoms with Crippen molar-refractivity contribution in [2.45, 2.75) is 51.5 Å². The zero-order valence-corrected chi connectivity index (χ0v) is 17.8. The molecule has 168 valence electrons. The van der Waals surface area contributed by atoms with Gasteiger partial charge >= 0.3 is 6.18 Å². The summed E-state index contributed by atoms with van der Waals surface area (Å²) in [7, 11) is 0. The Kier molecular flexibility index (Phi) is 5.90. The summed E-state index contributed by atoms with van der Waals surface area (Å²) >= 11 is 0. The molecule has 0 radical (unpaired) electrons. The second kappa shape index (κ2) is 8.64. The Balaban J connectivity index is 1.61. The van der Waals surface area contributed by atoms with Gasteiger partial charge in [-0.3, -0.25) is 9.78 Å². The van der Waals surface area contributed by atoms with Crippen LogP contribution in [0.25, 0.3) is 0 Å². The first-order valence-corrected chi connectivity index (χ1v) is 10.5. The van der Waals surface area contributed by atoms with Gasteiger partial charge in [-0.2, -0.15) is 18.3 Å². The van der Waals surface area contributed by atoms with Gasteiger partial charge < -0.3 is 10.6 Å². The molecule has 1 aliphatic rings. The zero-order valence-electron chi connectivity index (χ0n) is 17.8. The van der Waals surface area contributed by atoms with Crippen molar-refractivity contribution in [2.75, 3.05) is 5.32 Å². The molecule has 0 bridgehead atoms. The molecule has 6 nitrogen and oxygen atoms in total. The minimum atomic E-state index is -4.50. The van der Waals surface area contributed by atoms with E-state index < -0.39 is 24.2 Å². The standard InChI is InChI=1S/C23H24F3N5O/c1-3-15-7-9-16(10-8-15)19-11-20(23(24,25)26)31-21(30-19)18(13-28-31)22(32)27-12-17-6-4-5-14(2)29-17/h4-10,13,19-20,30H,3,11-12H2,1-2H3,(H,27,32). The van der Waals surface area contributed by atoms with E-state index in [0.717, 1.165) is 27.9 Å². The number of pyridine rings is 1. The topological polar surface area (TPSA) is 71.8 Å². The number of nitrogens with one attached hydrogen (secondary N) is 2. The average molecular weight is 443 g/mol. The van der Waals surface area contributed by atoms with E-state index in [9.17, 15) is 18.0 Å². The van der Waals surface area contributed by atoms with Crippen LogP contribution in [0.3, 0.4) is 0 Å². The number of hydrogen-bond donors (Lipinski definition) is 2. The van der Waals surface area contributed by atoms with Gasteiger partial charge in [-0.25, -0.2) is 4.68 Å². The Morgan fingerprint density at radius 3 is 2.62 bits per heavy atom. The van der Waals surface area contributed by atoms with Crippen molar-refractivity contribution in [1.29, 1.82) is 0 Å². The number of carbonyl (C=O) groups excluding carboxylic acids is 1. The van der Waals surface area contributed by atoms with E-state index in [4.69, 9.17) is 0 Å². The summed E-state index contributed by atoms with van der Waals surface area (Å²) in [5.74, 6) is -0.442. The average Bonchev–Trinajstić information content (AvgIpc) is 3.20. The van der Waals surface area contributed by atoms with Crippen molar-refractivity contribution in [3.63, 3.8) is 0 Å². The number of carbonyl (C=O) groups is 1. The van der Waals surface area contributed by atoms with E-state index in [-0.39, 0.29) is 24.3 Å². The Morgan fingerprint density at radius 2 is 1.97 bits per heavy atom. The molecule has 3 aromatic rings. The summed E-state index contributed by atoms with van der Waals surface area (Å²) < 4.78 is 42.4. The number of alkyl halides is 3. The van der Waals surface area contributed by atoms with Crippen molar-refractivity contribution in [3.8, 4) is 0 Å². The molecule has 0 fully saturated rings. The third kappa shape index (κ3) is 4.46. The van der Waals surface area contributed by atoms with Crippen molar-refractivity contribution in [2.24, 2.45) is 0 Å². The van der Waals surface area contributed by atoms with Crippen molar-refractivity contribution in [1.82, 2.24) is 20.1 Å². The highest BCUT2D eigenvalue weighted by molar-refractivity contribution is 5.98. The van der Waals surface area contributed by atoms with Crippen LogP contribution in [0.1, 0.15) is 58.3 Å². The molecule has 3 heterocycles. The number of aromatic nitrogens is 3. The SMILES string of the molecule is CCc1ccc(C2CC(C(F)(F)F)n3ncc(C(=O)NCc4cccc(C)n4)c3N2)cc1. The van der Waals surface area contributed by atoms with E-state index in [1.165, 1.54) is 6.20 Å². The van der Waals surface area contributed by atoms with E-state index in [1.807, 2.05) is 50.2 Å². The molecule has 9 heteroatoms. The summed E-state index contributed by atoms with van der Waals surface area (Å²) in [6.07, 6.45) is -2.68. The Bertz CT molecular complexity index is 1110. The smallest absolute Gasteiger partial charge is 0.363 e. The first kappa shape index (κ1) is 21.9. The number of nitrogens with zero attached hydrogens (tertiary/aromatic N) is 3. The lowest BCUT2D eigenvalue weighted by atomic mass is 9.95. The summed E-state index contributed by atoms with van der Waals surface area (Å²) in [5.41, 5.74) is 3.38. The highest BCUT2D eigenvalue weighted by atomic mass is 19.4. The van der Waals surface area contributed by atoms with Gasteiger partial charge in [-0.15, -0.1) is 0 Å². The molecule has 2 unspecified atom stereocenters. The lowest BCUT2D eigenvalue weighted by Crippen LogP contribution is -2.36. The molecule has 1 aromatic carbocycles. The first-order valence-electron chi connectivity index (χ1n) is 10.5. The van der Waals surface area contributed by atoms with E-state index in [0.29, 0.717) is 5.69 Å². The van der Waals surface area contributed by atoms with Crippen molar-refractivity contribution in [3.05, 3.63) is 76.7 Å². The van der Waals surface area contributed by atoms with Crippen LogP contribution in [-0.4, -0.2) is 26.8 Å². The first-order chi connectivity index (χ1) is 15.3. The Hall–Kier alpha value is -3.36. The molecule has 1 amide bonds. The second-order valence-electron chi connectivity index (χ2n) is 7.89. The van der Waals surface area contributed by atoms with Crippen LogP contribution in [0, 0.1) is 6.92 Å². The fourth-order valence-electron chi connectivity index (χ4n) is 3.90. The molecule has 4 rings (SSSR count). The molecule has 1 aliphatic heterocycles. The predicted octanol–water partition coefficient (Wildman–Crippen LogP) is 4.74. The van der Waals surface area contributed by atoms with Crippen LogP contribution in [0.15, 0.2) is 48.7 Å². The minimum Gasteiger partial charge on any atom is -0.363 e. The van der Waals surface area contributed by atoms with Gasteiger partial charge in [0, 0.05) is 12.1 Å². The van der Waals surface area contributed by atoms with Crippen LogP contribution >= 0.6 is 0 Å². The van der Waals surface area contributed by atoms with Gasteiger partial charge in [0.15, 0.2) is 6.04 Å². The fraction of sp³-hybridized carbons (Fsp3) is 0.348. The minimum absolute atomic E-state index is 0.0674. The Morgan fingerprint density at radius 1 is 1.22 bits per heavy atom. The summed E-state index contributed by atoms with van der Waals surface area (Å²) in [6.45, 7) is 4.02. The van der Waals surface area contributed by atoms with Crippen LogP contribution in [0.4, 0.5) is 19.0 Å². The van der Waals surface area contributed by atoms with Gasteiger partial charge in [0.2, 0.25) is 0 Å². The molecule has 2 atom stereocenters. The number of aryl methyl sites for hydroxylation is 2. The number of benzene rings is 1. The quantitative estimate of drug-likeness (QED) is 0.598. The molecule has 0 saturated carbocycles. The number of halogens is 3. The third-order valence-corrected chi connectivity index (χ3v) is 5.65. The largest absolute Gasteiger partial charge is 0.410 e. The van der Waals surface area contributed by atoms with Crippen LogP contribution in [0.2, 0.25) is 0 Å². The van der Waals surface area contributed by atoms with Gasteiger partial charge in [0.25, 0.3) is 5.91 Å². The number of fused-ring (bicyclic) bond motifs is 1. The van der Waals surface area contributed by atoms with Crippen LogP contribution in [-0.2, 0) is 13.0 Å². The summed E-state index contributed by atoms with van der Waals surface area (Å²) in [5, 5.41) is 9.75. The lowest BCUT2D eigenvalue weighted by molar-refractivity contribution is -0.173. The summed E-state index contributed by atoms with van der Waals surface area (Å²) in [6, 6.07) is 10.5. The molecule has 2 aromatic heterocycles. The third-order valence-electron chi connectivity index (χ3n) is 5.65. The molecule has 32 heavy (non-hydrogen) atoms. The number of anilines is 1. The van der Waals surface area contributed by atoms with Crippen molar-refractivity contribution >= 4 is 11.7 Å². The lowest BCUT2D eigenvalue weighted by Gasteiger charge is -2.34. The monoisotopic (exact) mass is 443 g/mol. The fourth-order valence-corrected chi connectivity index (χ4v) is 3.90. The number of rotatable bonds is 5. The maximum atomic E-state index is 13.8. The van der Waals surface area contributed by atoms with Gasteiger partial charge in [0.05, 0.1) is 24.5 Å². The molecular formula is C23H24F3N5O. The zero-order chi connectivity index (χ0) is 22.9. The maximum absolute atomic E-state index is 13.8. The molecule has 0 spiro atoms. The van der Waals surface area contributed by atoms with Crippen LogP contribution < -0.4 is 10.6 Å². The van der Waals surface area contributed by atoms with Crippen molar-refractivity contribution < 1.29 is 18.0 Å². The highest BCUT2D eigenvalue weighted by Crippen LogP contribution is 2.44. The van der Waals surface area contributed by atoms with E-state index >= 15 is 0 Å².